The molecule has 0 aromatic heterocycles. The van der Waals surface area contributed by atoms with Gasteiger partial charge in [-0.2, -0.15) is 0 Å². The van der Waals surface area contributed by atoms with Crippen molar-refractivity contribution >= 4 is 23.5 Å². The summed E-state index contributed by atoms with van der Waals surface area (Å²) in [7, 11) is 0. The number of carbonyl (C=O) groups is 2. The minimum Gasteiger partial charge on any atom is -0.489 e. The second kappa shape index (κ2) is 6.95. The Morgan fingerprint density at radius 1 is 1.05 bits per heavy atom. The van der Waals surface area contributed by atoms with Crippen molar-refractivity contribution in [3.8, 4) is 5.75 Å². The van der Waals surface area contributed by atoms with Crippen LogP contribution in [0.3, 0.4) is 0 Å². The fraction of sp³-hybridized carbons (Fsp3) is 0.125. The van der Waals surface area contributed by atoms with Crippen molar-refractivity contribution < 1.29 is 24.5 Å². The Morgan fingerprint density at radius 3 is 2.32 bits per heavy atom. The van der Waals surface area contributed by atoms with E-state index in [1.807, 2.05) is 0 Å². The van der Waals surface area contributed by atoms with Crippen molar-refractivity contribution in [1.29, 1.82) is 0 Å². The van der Waals surface area contributed by atoms with E-state index in [1.165, 1.54) is 6.07 Å². The van der Waals surface area contributed by atoms with Crippen LogP contribution in [0.25, 0.3) is 0 Å². The SMILES string of the molecule is O=C(O)Cc1ccc(OCc2c(Cl)cccc2C(=O)O)cc1. The molecule has 0 heterocycles. The number of halogens is 1. The van der Waals surface area contributed by atoms with E-state index in [4.69, 9.17) is 26.6 Å². The maximum absolute atomic E-state index is 11.2. The van der Waals surface area contributed by atoms with Crippen LogP contribution in [0, 0.1) is 0 Å². The zero-order chi connectivity index (χ0) is 16.1. The van der Waals surface area contributed by atoms with Gasteiger partial charge in [-0.3, -0.25) is 4.79 Å². The van der Waals surface area contributed by atoms with Gasteiger partial charge in [0.25, 0.3) is 0 Å². The smallest absolute Gasteiger partial charge is 0.336 e. The molecular formula is C16H13ClO5. The minimum atomic E-state index is -1.07. The lowest BCUT2D eigenvalue weighted by Crippen LogP contribution is -2.06. The van der Waals surface area contributed by atoms with Gasteiger partial charge in [-0.15, -0.1) is 0 Å². The van der Waals surface area contributed by atoms with Crippen molar-refractivity contribution in [3.63, 3.8) is 0 Å². The maximum Gasteiger partial charge on any atom is 0.336 e. The Kier molecular flexibility index (Phi) is 5.01. The van der Waals surface area contributed by atoms with Gasteiger partial charge in [0.15, 0.2) is 0 Å². The molecule has 114 valence electrons. The molecule has 0 aliphatic rings. The quantitative estimate of drug-likeness (QED) is 0.853. The number of rotatable bonds is 6. The van der Waals surface area contributed by atoms with E-state index >= 15 is 0 Å². The third-order valence-electron chi connectivity index (χ3n) is 3.01. The van der Waals surface area contributed by atoms with Crippen molar-refractivity contribution in [2.24, 2.45) is 0 Å². The molecule has 0 atom stereocenters. The van der Waals surface area contributed by atoms with E-state index in [0.717, 1.165) is 0 Å². The van der Waals surface area contributed by atoms with Gasteiger partial charge in [0, 0.05) is 10.6 Å². The first kappa shape index (κ1) is 15.9. The molecule has 22 heavy (non-hydrogen) atoms. The molecule has 6 heteroatoms. The summed E-state index contributed by atoms with van der Waals surface area (Å²) in [6, 6.07) is 11.2. The van der Waals surface area contributed by atoms with Gasteiger partial charge in [-0.1, -0.05) is 29.8 Å². The topological polar surface area (TPSA) is 83.8 Å². The summed E-state index contributed by atoms with van der Waals surface area (Å²) >= 11 is 6.01. The molecule has 0 saturated carbocycles. The van der Waals surface area contributed by atoms with Crippen LogP contribution in [0.1, 0.15) is 21.5 Å². The molecular weight excluding hydrogens is 308 g/mol. The molecule has 5 nitrogen and oxygen atoms in total. The predicted molar refractivity (Wildman–Crippen MR) is 80.5 cm³/mol. The summed E-state index contributed by atoms with van der Waals surface area (Å²) in [4.78, 5) is 21.8. The van der Waals surface area contributed by atoms with Crippen LogP contribution < -0.4 is 4.74 Å². The summed E-state index contributed by atoms with van der Waals surface area (Å²) in [5.41, 5.74) is 1.14. The molecule has 0 bridgehead atoms. The summed E-state index contributed by atoms with van der Waals surface area (Å²) in [5.74, 6) is -1.47. The summed E-state index contributed by atoms with van der Waals surface area (Å²) in [5, 5.41) is 18.2. The van der Waals surface area contributed by atoms with E-state index in [9.17, 15) is 9.59 Å². The Labute approximate surface area is 131 Å². The molecule has 2 aromatic rings. The molecule has 0 aliphatic carbocycles. The average Bonchev–Trinajstić information content (AvgIpc) is 2.46. The molecule has 0 spiro atoms. The summed E-state index contributed by atoms with van der Waals surface area (Å²) in [6.45, 7) is 0.0135. The Balaban J connectivity index is 2.10. The zero-order valence-electron chi connectivity index (χ0n) is 11.5. The molecule has 0 aliphatic heterocycles. The number of hydrogen-bond acceptors (Lipinski definition) is 3. The van der Waals surface area contributed by atoms with Gasteiger partial charge >= 0.3 is 11.9 Å². The highest BCUT2D eigenvalue weighted by Gasteiger charge is 2.13. The second-order valence-electron chi connectivity index (χ2n) is 4.57. The number of aliphatic carboxylic acids is 1. The number of carboxylic acid groups (broad SMARTS) is 2. The van der Waals surface area contributed by atoms with E-state index in [1.54, 1.807) is 36.4 Å². The van der Waals surface area contributed by atoms with Gasteiger partial charge in [0.2, 0.25) is 0 Å². The summed E-state index contributed by atoms with van der Waals surface area (Å²) < 4.78 is 5.53. The average molecular weight is 321 g/mol. The van der Waals surface area contributed by atoms with Crippen LogP contribution in [0.5, 0.6) is 5.75 Å². The lowest BCUT2D eigenvalue weighted by Gasteiger charge is -2.11. The van der Waals surface area contributed by atoms with E-state index in [0.29, 0.717) is 21.9 Å². The Hall–Kier alpha value is -2.53. The van der Waals surface area contributed by atoms with Crippen molar-refractivity contribution in [3.05, 3.63) is 64.2 Å². The van der Waals surface area contributed by atoms with Crippen LogP contribution in [0.2, 0.25) is 5.02 Å². The van der Waals surface area contributed by atoms with Gasteiger partial charge in [0.1, 0.15) is 12.4 Å². The highest BCUT2D eigenvalue weighted by molar-refractivity contribution is 6.31. The Morgan fingerprint density at radius 2 is 1.73 bits per heavy atom. The highest BCUT2D eigenvalue weighted by Crippen LogP contribution is 2.23. The number of ether oxygens (including phenoxy) is 1. The minimum absolute atomic E-state index is 0.0135. The van der Waals surface area contributed by atoms with Crippen LogP contribution in [0.4, 0.5) is 0 Å². The normalized spacial score (nSPS) is 10.2. The van der Waals surface area contributed by atoms with Crippen LogP contribution in [-0.2, 0) is 17.8 Å². The third kappa shape index (κ3) is 3.99. The number of carboxylic acids is 2. The standard InChI is InChI=1S/C16H13ClO5/c17-14-3-1-2-12(16(20)21)13(14)9-22-11-6-4-10(5-7-11)8-15(18)19/h1-7H,8-9H2,(H,18,19)(H,20,21). The second-order valence-corrected chi connectivity index (χ2v) is 4.98. The van der Waals surface area contributed by atoms with E-state index in [2.05, 4.69) is 0 Å². The lowest BCUT2D eigenvalue weighted by atomic mass is 10.1. The number of hydrogen-bond donors (Lipinski definition) is 2. The van der Waals surface area contributed by atoms with Gasteiger partial charge in [-0.25, -0.2) is 4.79 Å². The largest absolute Gasteiger partial charge is 0.489 e. The number of benzene rings is 2. The molecule has 0 unspecified atom stereocenters. The van der Waals surface area contributed by atoms with Crippen LogP contribution in [-0.4, -0.2) is 22.2 Å². The van der Waals surface area contributed by atoms with Crippen LogP contribution >= 0.6 is 11.6 Å². The van der Waals surface area contributed by atoms with Crippen LogP contribution in [0.15, 0.2) is 42.5 Å². The summed E-state index contributed by atoms with van der Waals surface area (Å²) in [6.07, 6.45) is -0.0616. The fourth-order valence-electron chi connectivity index (χ4n) is 1.94. The third-order valence-corrected chi connectivity index (χ3v) is 3.37. The van der Waals surface area contributed by atoms with Crippen molar-refractivity contribution in [2.45, 2.75) is 13.0 Å². The monoisotopic (exact) mass is 320 g/mol. The van der Waals surface area contributed by atoms with Gasteiger partial charge in [-0.05, 0) is 29.8 Å². The lowest BCUT2D eigenvalue weighted by molar-refractivity contribution is -0.136. The molecule has 0 amide bonds. The number of aromatic carboxylic acids is 1. The maximum atomic E-state index is 11.2. The van der Waals surface area contributed by atoms with Gasteiger partial charge < -0.3 is 14.9 Å². The van der Waals surface area contributed by atoms with Crippen molar-refractivity contribution in [2.75, 3.05) is 0 Å². The van der Waals surface area contributed by atoms with E-state index < -0.39 is 11.9 Å². The van der Waals surface area contributed by atoms with Gasteiger partial charge in [0.05, 0.1) is 12.0 Å². The first-order valence-electron chi connectivity index (χ1n) is 6.41. The molecule has 0 saturated heterocycles. The highest BCUT2D eigenvalue weighted by atomic mass is 35.5. The first-order chi connectivity index (χ1) is 10.5. The molecule has 2 N–H and O–H groups in total. The molecule has 2 rings (SSSR count). The first-order valence-corrected chi connectivity index (χ1v) is 6.79. The van der Waals surface area contributed by atoms with Crippen molar-refractivity contribution in [1.82, 2.24) is 0 Å². The zero-order valence-corrected chi connectivity index (χ0v) is 12.2. The van der Waals surface area contributed by atoms with E-state index in [-0.39, 0.29) is 18.6 Å². The predicted octanol–water partition coefficient (Wildman–Crippen LogP) is 3.24. The molecule has 0 radical (unpaired) electrons. The molecule has 0 fully saturated rings. The fourth-order valence-corrected chi connectivity index (χ4v) is 2.17. The molecule has 2 aromatic carbocycles. The Bertz CT molecular complexity index is 694.